The van der Waals surface area contributed by atoms with Crippen LogP contribution in [0.2, 0.25) is 10.0 Å². The number of aromatic nitrogens is 1. The number of carboxylic acids is 1. The molecule has 2 N–H and O–H groups in total. The normalized spacial score (nSPS) is 11.6. The predicted octanol–water partition coefficient (Wildman–Crippen LogP) is 7.86. The molecule has 3 rings (SSSR count). The molecule has 2 aromatic carbocycles. The fourth-order valence-corrected chi connectivity index (χ4v) is 5.07. The van der Waals surface area contributed by atoms with E-state index in [9.17, 15) is 9.59 Å². The first kappa shape index (κ1) is 30.6. The minimum absolute atomic E-state index is 0.0702. The Hall–Kier alpha value is -2.91. The summed E-state index contributed by atoms with van der Waals surface area (Å²) >= 11 is 13.9. The summed E-state index contributed by atoms with van der Waals surface area (Å²) in [5.41, 5.74) is 3.22. The van der Waals surface area contributed by atoms with Crippen LogP contribution >= 0.6 is 34.5 Å². The molecule has 7 nitrogen and oxygen atoms in total. The van der Waals surface area contributed by atoms with Gasteiger partial charge in [-0.1, -0.05) is 49.2 Å². The molecule has 0 radical (unpaired) electrons. The van der Waals surface area contributed by atoms with Crippen LogP contribution < -0.4 is 10.1 Å². The van der Waals surface area contributed by atoms with E-state index in [0.29, 0.717) is 28.9 Å². The molecule has 10 heteroatoms. The number of thiazole rings is 1. The van der Waals surface area contributed by atoms with Crippen LogP contribution in [0, 0.1) is 5.92 Å². The lowest BCUT2D eigenvalue weighted by Crippen LogP contribution is -2.12. The third-order valence-corrected chi connectivity index (χ3v) is 7.30. The fraction of sp³-hybridized carbons (Fsp3) is 0.345. The quantitative estimate of drug-likeness (QED) is 0.155. The maximum absolute atomic E-state index is 12.9. The van der Waals surface area contributed by atoms with E-state index in [1.807, 2.05) is 23.6 Å². The molecular formula is C29H32Cl2N2O5S. The average molecular weight is 592 g/mol. The largest absolute Gasteiger partial charge is 0.496 e. The van der Waals surface area contributed by atoms with Crippen LogP contribution in [0.1, 0.15) is 55.1 Å². The Morgan fingerprint density at radius 3 is 2.54 bits per heavy atom. The molecule has 0 saturated heterocycles. The summed E-state index contributed by atoms with van der Waals surface area (Å²) in [6, 6.07) is 8.83. The number of benzene rings is 2. The van der Waals surface area contributed by atoms with Crippen LogP contribution in [0.5, 0.6) is 5.75 Å². The van der Waals surface area contributed by atoms with Crippen molar-refractivity contribution in [3.63, 3.8) is 0 Å². The summed E-state index contributed by atoms with van der Waals surface area (Å²) in [5.74, 6) is -0.148. The molecule has 0 atom stereocenters. The van der Waals surface area contributed by atoms with Crippen molar-refractivity contribution in [2.75, 3.05) is 25.6 Å². The second kappa shape index (κ2) is 14.5. The van der Waals surface area contributed by atoms with E-state index in [1.54, 1.807) is 7.11 Å². The van der Waals surface area contributed by atoms with E-state index < -0.39 is 11.9 Å². The van der Waals surface area contributed by atoms with E-state index in [2.05, 4.69) is 24.1 Å². The molecular weight excluding hydrogens is 559 g/mol. The summed E-state index contributed by atoms with van der Waals surface area (Å²) in [6.45, 7) is 7.26. The molecule has 1 aromatic heterocycles. The molecule has 0 aliphatic carbocycles. The van der Waals surface area contributed by atoms with Crippen molar-refractivity contribution in [1.82, 2.24) is 4.98 Å². The van der Waals surface area contributed by atoms with Crippen molar-refractivity contribution in [3.05, 3.63) is 68.0 Å². The number of halogens is 2. The average Bonchev–Trinajstić information content (AvgIpc) is 3.35. The number of amides is 1. The number of hydrogen-bond acceptors (Lipinski definition) is 6. The Balaban J connectivity index is 1.71. The monoisotopic (exact) mass is 590 g/mol. The summed E-state index contributed by atoms with van der Waals surface area (Å²) in [6.07, 6.45) is 4.11. The topological polar surface area (TPSA) is 97.8 Å². The number of aliphatic carboxylic acids is 1. The Kier molecular flexibility index (Phi) is 11.4. The number of hydrogen-bond donors (Lipinski definition) is 2. The molecule has 1 amide bonds. The highest BCUT2D eigenvalue weighted by Crippen LogP contribution is 2.36. The van der Waals surface area contributed by atoms with Gasteiger partial charge in [0.2, 0.25) is 0 Å². The van der Waals surface area contributed by atoms with Gasteiger partial charge in [0.15, 0.2) is 5.13 Å². The number of aryl methyl sites for hydroxylation is 1. The van der Waals surface area contributed by atoms with Crippen molar-refractivity contribution in [3.8, 4) is 17.0 Å². The standard InChI is InChI=1S/C29H32Cl2N2O5S/c1-17(2)10-12-38-11-6-8-19-7-5-9-21(26(19)37-4)25-16-39-29(32-25)33-27(34)20-14-23(30)22(24(31)15-20)13-18(3)28(35)36/h5,7,9,13-17H,6,8,10-12H2,1-4H3,(H,35,36)(H,32,33,34). The van der Waals surface area contributed by atoms with Crippen molar-refractivity contribution < 1.29 is 24.2 Å². The van der Waals surface area contributed by atoms with Crippen molar-refractivity contribution in [1.29, 1.82) is 0 Å². The SMILES string of the molecule is COc1c(CCCOCCC(C)C)cccc1-c1csc(NC(=O)c2cc(Cl)c(C=C(C)C(=O)O)c(Cl)c2)n1. The van der Waals surface area contributed by atoms with E-state index >= 15 is 0 Å². The Bertz CT molecular complexity index is 1330. The first-order valence-electron chi connectivity index (χ1n) is 12.5. The molecule has 3 aromatic rings. The highest BCUT2D eigenvalue weighted by atomic mass is 35.5. The van der Waals surface area contributed by atoms with Crippen LogP contribution in [-0.2, 0) is 16.0 Å². The van der Waals surface area contributed by atoms with Gasteiger partial charge in [0.05, 0.1) is 22.8 Å². The van der Waals surface area contributed by atoms with Crippen LogP contribution in [0.15, 0.2) is 41.3 Å². The fourth-order valence-electron chi connectivity index (χ4n) is 3.77. The summed E-state index contributed by atoms with van der Waals surface area (Å²) < 4.78 is 11.5. The molecule has 0 aliphatic heterocycles. The number of ether oxygens (including phenoxy) is 2. The number of para-hydroxylation sites is 1. The highest BCUT2D eigenvalue weighted by molar-refractivity contribution is 7.14. The van der Waals surface area contributed by atoms with Crippen LogP contribution in [0.4, 0.5) is 5.13 Å². The summed E-state index contributed by atoms with van der Waals surface area (Å²) in [5, 5.41) is 14.5. The van der Waals surface area contributed by atoms with E-state index in [-0.39, 0.29) is 21.2 Å². The zero-order valence-corrected chi connectivity index (χ0v) is 24.7. The third kappa shape index (κ3) is 8.54. The molecule has 0 unspecified atom stereocenters. The van der Waals surface area contributed by atoms with Gasteiger partial charge >= 0.3 is 5.97 Å². The third-order valence-electron chi connectivity index (χ3n) is 5.92. The summed E-state index contributed by atoms with van der Waals surface area (Å²) in [4.78, 5) is 28.6. The Morgan fingerprint density at radius 2 is 1.90 bits per heavy atom. The first-order valence-corrected chi connectivity index (χ1v) is 14.2. The maximum Gasteiger partial charge on any atom is 0.331 e. The zero-order valence-electron chi connectivity index (χ0n) is 22.3. The lowest BCUT2D eigenvalue weighted by molar-refractivity contribution is -0.132. The van der Waals surface area contributed by atoms with Crippen molar-refractivity contribution in [2.24, 2.45) is 5.92 Å². The minimum Gasteiger partial charge on any atom is -0.496 e. The molecule has 39 heavy (non-hydrogen) atoms. The number of nitrogens with zero attached hydrogens (tertiary/aromatic N) is 1. The van der Waals surface area contributed by atoms with Crippen molar-refractivity contribution in [2.45, 2.75) is 40.0 Å². The minimum atomic E-state index is -1.09. The van der Waals surface area contributed by atoms with Gasteiger partial charge in [-0.05, 0) is 61.9 Å². The van der Waals surface area contributed by atoms with Crippen LogP contribution in [-0.4, -0.2) is 42.3 Å². The number of carbonyl (C=O) groups excluding carboxylic acids is 1. The van der Waals surface area contributed by atoms with Gasteiger partial charge in [0, 0.05) is 40.9 Å². The van der Waals surface area contributed by atoms with Gasteiger partial charge in [-0.15, -0.1) is 11.3 Å². The van der Waals surface area contributed by atoms with E-state index in [1.165, 1.54) is 36.5 Å². The second-order valence-electron chi connectivity index (χ2n) is 9.37. The Morgan fingerprint density at radius 1 is 1.18 bits per heavy atom. The summed E-state index contributed by atoms with van der Waals surface area (Å²) in [7, 11) is 1.64. The van der Waals surface area contributed by atoms with Crippen LogP contribution in [0.3, 0.4) is 0 Å². The number of rotatable bonds is 13. The highest BCUT2D eigenvalue weighted by Gasteiger charge is 2.17. The van der Waals surface area contributed by atoms with Gasteiger partial charge in [0.1, 0.15) is 5.75 Å². The number of carbonyl (C=O) groups is 2. The maximum atomic E-state index is 12.9. The zero-order chi connectivity index (χ0) is 28.5. The van der Waals surface area contributed by atoms with Gasteiger partial charge in [-0.3, -0.25) is 10.1 Å². The molecule has 208 valence electrons. The number of methoxy groups -OCH3 is 1. The van der Waals surface area contributed by atoms with E-state index in [4.69, 9.17) is 37.8 Å². The first-order chi connectivity index (χ1) is 18.6. The van der Waals surface area contributed by atoms with Gasteiger partial charge in [0.25, 0.3) is 5.91 Å². The molecule has 0 saturated carbocycles. The van der Waals surface area contributed by atoms with Gasteiger partial charge in [-0.25, -0.2) is 9.78 Å². The molecule has 0 aliphatic rings. The lowest BCUT2D eigenvalue weighted by Gasteiger charge is -2.13. The molecule has 0 bridgehead atoms. The number of nitrogens with one attached hydrogen (secondary N) is 1. The predicted molar refractivity (Wildman–Crippen MR) is 158 cm³/mol. The smallest absolute Gasteiger partial charge is 0.331 e. The van der Waals surface area contributed by atoms with Crippen molar-refractivity contribution >= 4 is 57.6 Å². The number of carboxylic acid groups (broad SMARTS) is 1. The lowest BCUT2D eigenvalue weighted by atomic mass is 10.0. The molecule has 0 spiro atoms. The molecule has 0 fully saturated rings. The van der Waals surface area contributed by atoms with Gasteiger partial charge in [-0.2, -0.15) is 0 Å². The molecule has 1 heterocycles. The van der Waals surface area contributed by atoms with E-state index in [0.717, 1.165) is 42.7 Å². The number of anilines is 1. The Labute approximate surface area is 242 Å². The van der Waals surface area contributed by atoms with Crippen LogP contribution in [0.25, 0.3) is 17.3 Å². The van der Waals surface area contributed by atoms with Gasteiger partial charge < -0.3 is 14.6 Å². The second-order valence-corrected chi connectivity index (χ2v) is 11.0.